The van der Waals surface area contributed by atoms with Gasteiger partial charge in [0.15, 0.2) is 0 Å². The third-order valence-electron chi connectivity index (χ3n) is 3.92. The number of carbonyl (C=O) groups is 2. The first kappa shape index (κ1) is 16.1. The van der Waals surface area contributed by atoms with Gasteiger partial charge in [0.1, 0.15) is 0 Å². The van der Waals surface area contributed by atoms with E-state index in [2.05, 4.69) is 15.4 Å². The van der Waals surface area contributed by atoms with Crippen molar-refractivity contribution in [1.82, 2.24) is 25.1 Å². The Labute approximate surface area is 139 Å². The van der Waals surface area contributed by atoms with Crippen LogP contribution in [0.5, 0.6) is 0 Å². The van der Waals surface area contributed by atoms with Gasteiger partial charge in [-0.05, 0) is 37.1 Å². The summed E-state index contributed by atoms with van der Waals surface area (Å²) in [4.78, 5) is 27.4. The lowest BCUT2D eigenvalue weighted by atomic mass is 9.98. The monoisotopic (exact) mass is 329 g/mol. The van der Waals surface area contributed by atoms with Gasteiger partial charge in [0.05, 0.1) is 18.2 Å². The fraction of sp³-hybridized carbons (Fsp3) is 0.438. The normalized spacial score (nSPS) is 17.5. The first-order valence-corrected chi connectivity index (χ1v) is 8.00. The van der Waals surface area contributed by atoms with E-state index in [0.29, 0.717) is 19.7 Å². The number of benzene rings is 1. The van der Waals surface area contributed by atoms with Crippen molar-refractivity contribution in [1.29, 1.82) is 0 Å². The molecule has 0 unspecified atom stereocenters. The highest BCUT2D eigenvalue weighted by atomic mass is 16.5. The van der Waals surface area contributed by atoms with Gasteiger partial charge in [-0.25, -0.2) is 0 Å². The molecule has 0 aliphatic carbocycles. The Morgan fingerprint density at radius 2 is 2.08 bits per heavy atom. The van der Waals surface area contributed by atoms with Gasteiger partial charge >= 0.3 is 5.97 Å². The molecule has 0 N–H and O–H groups in total. The van der Waals surface area contributed by atoms with Crippen LogP contribution in [0.1, 0.15) is 30.4 Å². The summed E-state index contributed by atoms with van der Waals surface area (Å²) in [6.07, 6.45) is 1.48. The lowest BCUT2D eigenvalue weighted by Crippen LogP contribution is -2.43. The van der Waals surface area contributed by atoms with Gasteiger partial charge in [-0.3, -0.25) is 9.59 Å². The van der Waals surface area contributed by atoms with Gasteiger partial charge in [-0.2, -0.15) is 0 Å². The maximum Gasteiger partial charge on any atom is 0.310 e. The van der Waals surface area contributed by atoms with Crippen LogP contribution in [0.4, 0.5) is 0 Å². The van der Waals surface area contributed by atoms with Crippen molar-refractivity contribution in [2.45, 2.75) is 19.8 Å². The van der Waals surface area contributed by atoms with Gasteiger partial charge in [0, 0.05) is 13.1 Å². The standard InChI is InChI=1S/C16H19N5O3/c1-2-24-16(23)12-7-6-10-20(11-12)15(22)14-17-19-21(18-14)13-8-4-3-5-9-13/h3-5,8-9,12H,2,6-7,10-11H2,1H3/t12-/m1/s1. The van der Waals surface area contributed by atoms with Gasteiger partial charge in [-0.15, -0.1) is 15.0 Å². The van der Waals surface area contributed by atoms with Crippen molar-refractivity contribution in [3.63, 3.8) is 0 Å². The number of tetrazole rings is 1. The molecule has 126 valence electrons. The smallest absolute Gasteiger partial charge is 0.310 e. The average molecular weight is 329 g/mol. The van der Waals surface area contributed by atoms with Crippen LogP contribution in [-0.4, -0.2) is 56.7 Å². The van der Waals surface area contributed by atoms with E-state index in [1.54, 1.807) is 11.8 Å². The van der Waals surface area contributed by atoms with E-state index in [1.807, 2.05) is 30.3 Å². The second-order valence-electron chi connectivity index (χ2n) is 5.58. The van der Waals surface area contributed by atoms with E-state index in [4.69, 9.17) is 4.74 Å². The summed E-state index contributed by atoms with van der Waals surface area (Å²) >= 11 is 0. The van der Waals surface area contributed by atoms with Gasteiger partial charge in [0.25, 0.3) is 11.7 Å². The molecule has 8 heteroatoms. The maximum absolute atomic E-state index is 12.6. The fourth-order valence-corrected chi connectivity index (χ4v) is 2.73. The number of rotatable bonds is 4. The fourth-order valence-electron chi connectivity index (χ4n) is 2.73. The third kappa shape index (κ3) is 3.42. The molecule has 24 heavy (non-hydrogen) atoms. The van der Waals surface area contributed by atoms with E-state index in [1.165, 1.54) is 4.80 Å². The zero-order chi connectivity index (χ0) is 16.9. The predicted octanol–water partition coefficient (Wildman–Crippen LogP) is 1.08. The number of carbonyl (C=O) groups excluding carboxylic acids is 2. The summed E-state index contributed by atoms with van der Waals surface area (Å²) in [7, 11) is 0. The molecule has 8 nitrogen and oxygen atoms in total. The summed E-state index contributed by atoms with van der Waals surface area (Å²) in [5.41, 5.74) is 0.729. The molecule has 0 bridgehead atoms. The second-order valence-corrected chi connectivity index (χ2v) is 5.58. The van der Waals surface area contributed by atoms with Gasteiger partial charge in [0.2, 0.25) is 0 Å². The van der Waals surface area contributed by atoms with Crippen molar-refractivity contribution in [3.05, 3.63) is 36.2 Å². The Kier molecular flexibility index (Phi) is 4.83. The van der Waals surface area contributed by atoms with E-state index in [9.17, 15) is 9.59 Å². The maximum atomic E-state index is 12.6. The van der Waals surface area contributed by atoms with Crippen LogP contribution < -0.4 is 0 Å². The number of ether oxygens (including phenoxy) is 1. The van der Waals surface area contributed by atoms with Crippen molar-refractivity contribution >= 4 is 11.9 Å². The zero-order valence-corrected chi connectivity index (χ0v) is 13.5. The topological polar surface area (TPSA) is 90.2 Å². The second kappa shape index (κ2) is 7.20. The van der Waals surface area contributed by atoms with Crippen molar-refractivity contribution in [2.24, 2.45) is 5.92 Å². The molecule has 2 aromatic rings. The SMILES string of the molecule is CCOC(=O)[C@@H]1CCCN(C(=O)c2nnn(-c3ccccc3)n2)C1. The van der Waals surface area contributed by atoms with Crippen molar-refractivity contribution < 1.29 is 14.3 Å². The number of aromatic nitrogens is 4. The number of para-hydroxylation sites is 1. The van der Waals surface area contributed by atoms with Gasteiger partial charge in [-0.1, -0.05) is 18.2 Å². The number of hydrogen-bond acceptors (Lipinski definition) is 6. The summed E-state index contributed by atoms with van der Waals surface area (Å²) in [5.74, 6) is -0.822. The van der Waals surface area contributed by atoms with Crippen LogP contribution in [0.3, 0.4) is 0 Å². The third-order valence-corrected chi connectivity index (χ3v) is 3.92. The molecule has 0 spiro atoms. The first-order valence-electron chi connectivity index (χ1n) is 8.00. The Hall–Kier alpha value is -2.77. The number of nitrogens with zero attached hydrogens (tertiary/aromatic N) is 5. The molecule has 3 rings (SSSR count). The molecule has 0 saturated carbocycles. The quantitative estimate of drug-likeness (QED) is 0.780. The molecule has 1 aromatic carbocycles. The summed E-state index contributed by atoms with van der Waals surface area (Å²) in [5, 5.41) is 11.9. The first-order chi connectivity index (χ1) is 11.7. The molecule has 2 heterocycles. The summed E-state index contributed by atoms with van der Waals surface area (Å²) in [6, 6.07) is 9.25. The molecular weight excluding hydrogens is 310 g/mol. The lowest BCUT2D eigenvalue weighted by molar-refractivity contribution is -0.149. The van der Waals surface area contributed by atoms with Crippen molar-refractivity contribution in [2.75, 3.05) is 19.7 Å². The van der Waals surface area contributed by atoms with Crippen LogP contribution in [0.25, 0.3) is 5.69 Å². The Morgan fingerprint density at radius 3 is 2.83 bits per heavy atom. The molecule has 1 aliphatic heterocycles. The minimum absolute atomic E-state index is 0.0309. The average Bonchev–Trinajstić information content (AvgIpc) is 3.12. The van der Waals surface area contributed by atoms with E-state index in [0.717, 1.165) is 18.5 Å². The molecule has 1 aromatic heterocycles. The Bertz CT molecular complexity index is 716. The highest BCUT2D eigenvalue weighted by molar-refractivity contribution is 5.90. The summed E-state index contributed by atoms with van der Waals surface area (Å²) in [6.45, 7) is 3.03. The van der Waals surface area contributed by atoms with E-state index in [-0.39, 0.29) is 23.6 Å². The molecule has 1 saturated heterocycles. The van der Waals surface area contributed by atoms with Crippen LogP contribution in [-0.2, 0) is 9.53 Å². The molecule has 1 aliphatic rings. The molecule has 1 fully saturated rings. The predicted molar refractivity (Wildman–Crippen MR) is 84.4 cm³/mol. The summed E-state index contributed by atoms with van der Waals surface area (Å²) < 4.78 is 5.05. The number of amides is 1. The number of piperidine rings is 1. The van der Waals surface area contributed by atoms with E-state index >= 15 is 0 Å². The zero-order valence-electron chi connectivity index (χ0n) is 13.5. The Morgan fingerprint density at radius 1 is 1.29 bits per heavy atom. The Balaban J connectivity index is 1.70. The minimum Gasteiger partial charge on any atom is -0.466 e. The minimum atomic E-state index is -0.314. The molecular formula is C16H19N5O3. The number of hydrogen-bond donors (Lipinski definition) is 0. The molecule has 1 amide bonds. The number of esters is 1. The van der Waals surface area contributed by atoms with Crippen LogP contribution in [0, 0.1) is 5.92 Å². The van der Waals surface area contributed by atoms with Crippen molar-refractivity contribution in [3.8, 4) is 5.69 Å². The highest BCUT2D eigenvalue weighted by Gasteiger charge is 2.31. The highest BCUT2D eigenvalue weighted by Crippen LogP contribution is 2.19. The number of likely N-dealkylation sites (tertiary alicyclic amines) is 1. The largest absolute Gasteiger partial charge is 0.466 e. The molecule has 1 atom stereocenters. The van der Waals surface area contributed by atoms with E-state index < -0.39 is 0 Å². The van der Waals surface area contributed by atoms with Crippen LogP contribution in [0.2, 0.25) is 0 Å². The van der Waals surface area contributed by atoms with Gasteiger partial charge < -0.3 is 9.64 Å². The molecule has 0 radical (unpaired) electrons. The van der Waals surface area contributed by atoms with Crippen LogP contribution in [0.15, 0.2) is 30.3 Å². The lowest BCUT2D eigenvalue weighted by Gasteiger charge is -2.30. The van der Waals surface area contributed by atoms with Crippen LogP contribution >= 0.6 is 0 Å².